The molecule has 112 valence electrons. The zero-order chi connectivity index (χ0) is 15.2. The number of rotatable bonds is 6. The Hall–Kier alpha value is -1.43. The second-order valence-corrected chi connectivity index (χ2v) is 5.75. The highest BCUT2D eigenvalue weighted by Crippen LogP contribution is 2.24. The van der Waals surface area contributed by atoms with Crippen molar-refractivity contribution in [3.63, 3.8) is 0 Å². The Bertz CT molecular complexity index is 574. The predicted octanol–water partition coefficient (Wildman–Crippen LogP) is 2.98. The Morgan fingerprint density at radius 2 is 2.05 bits per heavy atom. The van der Waals surface area contributed by atoms with Crippen molar-refractivity contribution in [2.24, 2.45) is 5.73 Å². The van der Waals surface area contributed by atoms with Crippen LogP contribution in [0.25, 0.3) is 0 Å². The maximum atomic E-state index is 5.96. The van der Waals surface area contributed by atoms with E-state index < -0.39 is 0 Å². The number of pyridine rings is 1. The van der Waals surface area contributed by atoms with Crippen LogP contribution in [-0.2, 0) is 6.54 Å². The Balaban J connectivity index is 2.14. The van der Waals surface area contributed by atoms with E-state index in [9.17, 15) is 0 Å². The number of benzene rings is 1. The Morgan fingerprint density at radius 1 is 1.29 bits per heavy atom. The zero-order valence-corrected chi connectivity index (χ0v) is 13.9. The van der Waals surface area contributed by atoms with Crippen molar-refractivity contribution in [1.82, 2.24) is 9.88 Å². The number of nitrogens with two attached hydrogens (primary N) is 1. The van der Waals surface area contributed by atoms with Crippen molar-refractivity contribution in [2.75, 3.05) is 20.7 Å². The minimum Gasteiger partial charge on any atom is -0.481 e. The summed E-state index contributed by atoms with van der Waals surface area (Å²) < 4.78 is 6.20. The van der Waals surface area contributed by atoms with E-state index in [1.807, 2.05) is 30.5 Å². The number of likely N-dealkylation sites (N-methyl/N-ethyl adjacent to an activating group) is 1. The largest absolute Gasteiger partial charge is 0.481 e. The van der Waals surface area contributed by atoms with Crippen molar-refractivity contribution in [3.8, 4) is 5.88 Å². The van der Waals surface area contributed by atoms with E-state index in [1.54, 1.807) is 7.11 Å². The molecule has 0 radical (unpaired) electrons. The van der Waals surface area contributed by atoms with E-state index in [-0.39, 0.29) is 6.04 Å². The summed E-state index contributed by atoms with van der Waals surface area (Å²) in [6, 6.07) is 12.2. The topological polar surface area (TPSA) is 51.4 Å². The molecule has 0 aliphatic heterocycles. The standard InChI is InChI=1S/C16H20BrN3O/c1-20(11-13-5-3-4-6-14(13)17)15(9-18)12-7-8-16(21-2)19-10-12/h3-8,10,15H,9,11,18H2,1-2H3. The summed E-state index contributed by atoms with van der Waals surface area (Å²) in [5.74, 6) is 0.614. The molecular formula is C16H20BrN3O. The highest BCUT2D eigenvalue weighted by molar-refractivity contribution is 9.10. The monoisotopic (exact) mass is 349 g/mol. The summed E-state index contributed by atoms with van der Waals surface area (Å²) in [5, 5.41) is 0. The Morgan fingerprint density at radius 3 is 2.62 bits per heavy atom. The lowest BCUT2D eigenvalue weighted by atomic mass is 10.1. The molecule has 0 saturated heterocycles. The predicted molar refractivity (Wildman–Crippen MR) is 88.2 cm³/mol. The van der Waals surface area contributed by atoms with Crippen molar-refractivity contribution < 1.29 is 4.74 Å². The lowest BCUT2D eigenvalue weighted by molar-refractivity contribution is 0.240. The minimum atomic E-state index is 0.121. The molecule has 1 aromatic carbocycles. The first kappa shape index (κ1) is 15.9. The number of hydrogen-bond donors (Lipinski definition) is 1. The summed E-state index contributed by atoms with van der Waals surface area (Å²) in [7, 11) is 3.68. The van der Waals surface area contributed by atoms with Gasteiger partial charge in [-0.25, -0.2) is 4.98 Å². The maximum absolute atomic E-state index is 5.96. The molecule has 2 rings (SSSR count). The normalized spacial score (nSPS) is 12.4. The molecule has 0 bridgehead atoms. The number of nitrogens with zero attached hydrogens (tertiary/aromatic N) is 2. The van der Waals surface area contributed by atoms with Crippen LogP contribution >= 0.6 is 15.9 Å². The van der Waals surface area contributed by atoms with E-state index in [4.69, 9.17) is 10.5 Å². The van der Waals surface area contributed by atoms with Crippen LogP contribution < -0.4 is 10.5 Å². The minimum absolute atomic E-state index is 0.121. The lowest BCUT2D eigenvalue weighted by Gasteiger charge is -2.27. The van der Waals surface area contributed by atoms with Gasteiger partial charge in [0.05, 0.1) is 7.11 Å². The Labute approximate surface area is 134 Å². The van der Waals surface area contributed by atoms with Crippen LogP contribution in [-0.4, -0.2) is 30.6 Å². The fraction of sp³-hybridized carbons (Fsp3) is 0.312. The second-order valence-electron chi connectivity index (χ2n) is 4.89. The first-order valence-electron chi connectivity index (χ1n) is 6.79. The van der Waals surface area contributed by atoms with Gasteiger partial charge in [-0.15, -0.1) is 0 Å². The quantitative estimate of drug-likeness (QED) is 0.870. The number of aromatic nitrogens is 1. The van der Waals surface area contributed by atoms with Gasteiger partial charge in [0.15, 0.2) is 0 Å². The molecule has 1 unspecified atom stereocenters. The lowest BCUT2D eigenvalue weighted by Crippen LogP contribution is -2.30. The van der Waals surface area contributed by atoms with Crippen LogP contribution in [0.3, 0.4) is 0 Å². The molecule has 0 aliphatic rings. The molecule has 5 heteroatoms. The molecule has 0 amide bonds. The van der Waals surface area contributed by atoms with Crippen LogP contribution in [0.2, 0.25) is 0 Å². The molecule has 4 nitrogen and oxygen atoms in total. The molecule has 0 spiro atoms. The third-order valence-electron chi connectivity index (χ3n) is 3.49. The second kappa shape index (κ2) is 7.54. The summed E-state index contributed by atoms with van der Waals surface area (Å²) in [4.78, 5) is 6.49. The van der Waals surface area contributed by atoms with Crippen molar-refractivity contribution in [3.05, 3.63) is 58.2 Å². The first-order valence-corrected chi connectivity index (χ1v) is 7.58. The van der Waals surface area contributed by atoms with Gasteiger partial charge in [-0.05, 0) is 24.2 Å². The fourth-order valence-electron chi connectivity index (χ4n) is 2.29. The number of halogens is 1. The van der Waals surface area contributed by atoms with E-state index in [2.05, 4.69) is 45.0 Å². The molecule has 2 N–H and O–H groups in total. The number of methoxy groups -OCH3 is 1. The molecular weight excluding hydrogens is 330 g/mol. The molecule has 0 aliphatic carbocycles. The van der Waals surface area contributed by atoms with E-state index in [0.29, 0.717) is 12.4 Å². The maximum Gasteiger partial charge on any atom is 0.212 e. The highest BCUT2D eigenvalue weighted by atomic mass is 79.9. The van der Waals surface area contributed by atoms with E-state index >= 15 is 0 Å². The molecule has 1 atom stereocenters. The Kier molecular flexibility index (Phi) is 5.73. The molecule has 2 aromatic rings. The first-order chi connectivity index (χ1) is 10.2. The van der Waals surface area contributed by atoms with Crippen LogP contribution in [0.4, 0.5) is 0 Å². The van der Waals surface area contributed by atoms with Gasteiger partial charge in [0, 0.05) is 35.9 Å². The average molecular weight is 350 g/mol. The molecule has 1 aromatic heterocycles. The molecule has 0 saturated carbocycles. The van der Waals surface area contributed by atoms with Gasteiger partial charge < -0.3 is 10.5 Å². The van der Waals surface area contributed by atoms with E-state index in [1.165, 1.54) is 5.56 Å². The number of ether oxygens (including phenoxy) is 1. The van der Waals surface area contributed by atoms with Crippen LogP contribution in [0, 0.1) is 0 Å². The third kappa shape index (κ3) is 4.03. The SMILES string of the molecule is COc1ccc(C(CN)N(C)Cc2ccccc2Br)cn1. The highest BCUT2D eigenvalue weighted by Gasteiger charge is 2.17. The molecule has 1 heterocycles. The molecule has 0 fully saturated rings. The average Bonchev–Trinajstić information content (AvgIpc) is 2.51. The summed E-state index contributed by atoms with van der Waals surface area (Å²) in [6.45, 7) is 1.35. The summed E-state index contributed by atoms with van der Waals surface area (Å²) in [6.07, 6.45) is 1.83. The van der Waals surface area contributed by atoms with Crippen molar-refractivity contribution in [1.29, 1.82) is 0 Å². The van der Waals surface area contributed by atoms with Gasteiger partial charge in [-0.1, -0.05) is 40.2 Å². The van der Waals surface area contributed by atoms with Crippen molar-refractivity contribution >= 4 is 15.9 Å². The van der Waals surface area contributed by atoms with Gasteiger partial charge in [0.25, 0.3) is 0 Å². The van der Waals surface area contributed by atoms with Gasteiger partial charge in [-0.2, -0.15) is 0 Å². The van der Waals surface area contributed by atoms with Crippen LogP contribution in [0.15, 0.2) is 47.1 Å². The number of hydrogen-bond acceptors (Lipinski definition) is 4. The van der Waals surface area contributed by atoms with Gasteiger partial charge in [0.1, 0.15) is 0 Å². The third-order valence-corrected chi connectivity index (χ3v) is 4.26. The smallest absolute Gasteiger partial charge is 0.212 e. The van der Waals surface area contributed by atoms with Crippen molar-refractivity contribution in [2.45, 2.75) is 12.6 Å². The molecule has 21 heavy (non-hydrogen) atoms. The zero-order valence-electron chi connectivity index (χ0n) is 12.3. The fourth-order valence-corrected chi connectivity index (χ4v) is 2.70. The van der Waals surface area contributed by atoms with Gasteiger partial charge in [0.2, 0.25) is 5.88 Å². The summed E-state index contributed by atoms with van der Waals surface area (Å²) in [5.41, 5.74) is 8.28. The van der Waals surface area contributed by atoms with Gasteiger partial charge in [-0.3, -0.25) is 4.90 Å². The summed E-state index contributed by atoms with van der Waals surface area (Å²) >= 11 is 3.58. The van der Waals surface area contributed by atoms with Gasteiger partial charge >= 0.3 is 0 Å². The van der Waals surface area contributed by atoms with Crippen LogP contribution in [0.1, 0.15) is 17.2 Å². The van der Waals surface area contributed by atoms with E-state index in [0.717, 1.165) is 16.6 Å². The van der Waals surface area contributed by atoms with Crippen LogP contribution in [0.5, 0.6) is 5.88 Å².